The number of carbonyl (C=O) groups is 2. The Balaban J connectivity index is 1.18. The molecule has 1 aliphatic carbocycles. The van der Waals surface area contributed by atoms with Crippen molar-refractivity contribution in [1.82, 2.24) is 14.7 Å². The van der Waals surface area contributed by atoms with E-state index < -0.39 is 23.4 Å². The summed E-state index contributed by atoms with van der Waals surface area (Å²) in [6, 6.07) is 14.6. The number of halogens is 3. The zero-order valence-corrected chi connectivity index (χ0v) is 25.1. The molecular weight excluding hydrogens is 591 g/mol. The van der Waals surface area contributed by atoms with Gasteiger partial charge >= 0.3 is 12.1 Å². The van der Waals surface area contributed by atoms with Gasteiger partial charge in [-0.3, -0.25) is 4.79 Å². The molecule has 0 radical (unpaired) electrons. The number of hydrogen-bond acceptors (Lipinski definition) is 5. The lowest BCUT2D eigenvalue weighted by Gasteiger charge is -2.32. The summed E-state index contributed by atoms with van der Waals surface area (Å²) in [6.45, 7) is 5.55. The monoisotopic (exact) mass is 623 g/mol. The molecule has 4 aromatic rings. The highest BCUT2D eigenvalue weighted by Crippen LogP contribution is 2.40. The minimum absolute atomic E-state index is 0.101. The Morgan fingerprint density at radius 1 is 1.07 bits per heavy atom. The Labute approximate surface area is 256 Å². The van der Waals surface area contributed by atoms with E-state index in [1.807, 2.05) is 36.3 Å². The molecule has 3 heterocycles. The molecule has 2 aliphatic rings. The first-order valence-corrected chi connectivity index (χ1v) is 15.5. The Kier molecular flexibility index (Phi) is 8.00. The maximum Gasteiger partial charge on any atom is 0.434 e. The SMILES string of the molecule is Cc1cc(C2CCN(C(=O)C3CC3)CC2)ccc1OC(C)c1ccsc1-c1cccc(-n2ncc(C(=O)O)c2C(F)(F)F)c1. The van der Waals surface area contributed by atoms with Gasteiger partial charge in [0.1, 0.15) is 17.4 Å². The van der Waals surface area contributed by atoms with Crippen molar-refractivity contribution in [2.24, 2.45) is 5.92 Å². The van der Waals surface area contributed by atoms with Crippen molar-refractivity contribution in [3.63, 3.8) is 0 Å². The number of alkyl halides is 3. The number of carboxylic acid groups (broad SMARTS) is 1. The minimum atomic E-state index is -4.91. The van der Waals surface area contributed by atoms with Crippen LogP contribution in [0.5, 0.6) is 5.75 Å². The van der Waals surface area contributed by atoms with E-state index in [0.717, 1.165) is 66.7 Å². The highest BCUT2D eigenvalue weighted by atomic mass is 32.1. The van der Waals surface area contributed by atoms with E-state index in [9.17, 15) is 27.9 Å². The summed E-state index contributed by atoms with van der Waals surface area (Å²) in [5.74, 6) is 0.0296. The smallest absolute Gasteiger partial charge is 0.434 e. The summed E-state index contributed by atoms with van der Waals surface area (Å²) in [4.78, 5) is 26.7. The van der Waals surface area contributed by atoms with Gasteiger partial charge in [-0.2, -0.15) is 18.3 Å². The number of thiophene rings is 1. The van der Waals surface area contributed by atoms with E-state index in [1.165, 1.54) is 23.0 Å². The van der Waals surface area contributed by atoms with Gasteiger partial charge in [-0.15, -0.1) is 11.3 Å². The van der Waals surface area contributed by atoms with Crippen LogP contribution in [0, 0.1) is 12.8 Å². The number of carbonyl (C=O) groups excluding carboxylic acids is 1. The zero-order chi connectivity index (χ0) is 31.2. The van der Waals surface area contributed by atoms with Gasteiger partial charge in [0.25, 0.3) is 0 Å². The number of piperidine rings is 1. The van der Waals surface area contributed by atoms with Crippen LogP contribution in [0.25, 0.3) is 16.1 Å². The molecule has 2 aromatic carbocycles. The van der Waals surface area contributed by atoms with Crippen molar-refractivity contribution in [1.29, 1.82) is 0 Å². The van der Waals surface area contributed by atoms with E-state index in [0.29, 0.717) is 22.1 Å². The lowest BCUT2D eigenvalue weighted by atomic mass is 9.88. The molecule has 1 atom stereocenters. The van der Waals surface area contributed by atoms with Crippen LogP contribution in [-0.4, -0.2) is 44.8 Å². The molecular formula is C33H32F3N3O4S. The summed E-state index contributed by atoms with van der Waals surface area (Å²) in [6.07, 6.45) is -0.580. The molecule has 1 amide bonds. The Morgan fingerprint density at radius 3 is 2.48 bits per heavy atom. The van der Waals surface area contributed by atoms with Crippen LogP contribution in [-0.2, 0) is 11.0 Å². The normalized spacial score (nSPS) is 16.6. The van der Waals surface area contributed by atoms with Gasteiger partial charge in [-0.25, -0.2) is 9.48 Å². The number of rotatable bonds is 8. The molecule has 0 spiro atoms. The van der Waals surface area contributed by atoms with E-state index in [-0.39, 0.29) is 17.7 Å². The Hall–Kier alpha value is -4.12. The highest BCUT2D eigenvalue weighted by molar-refractivity contribution is 7.13. The van der Waals surface area contributed by atoms with Gasteiger partial charge in [0.2, 0.25) is 5.91 Å². The van der Waals surface area contributed by atoms with Crippen molar-refractivity contribution in [2.45, 2.75) is 57.7 Å². The van der Waals surface area contributed by atoms with Gasteiger partial charge in [0.05, 0.1) is 11.9 Å². The number of nitrogens with zero attached hydrogens (tertiary/aromatic N) is 3. The summed E-state index contributed by atoms with van der Waals surface area (Å²) in [7, 11) is 0. The lowest BCUT2D eigenvalue weighted by Crippen LogP contribution is -2.38. The quantitative estimate of drug-likeness (QED) is 0.216. The van der Waals surface area contributed by atoms with Crippen LogP contribution >= 0.6 is 11.3 Å². The predicted molar refractivity (Wildman–Crippen MR) is 160 cm³/mol. The van der Waals surface area contributed by atoms with Crippen LogP contribution in [0.2, 0.25) is 0 Å². The average molecular weight is 624 g/mol. The lowest BCUT2D eigenvalue weighted by molar-refractivity contribution is -0.143. The molecule has 2 aromatic heterocycles. The maximum absolute atomic E-state index is 13.8. The molecule has 2 fully saturated rings. The molecule has 7 nitrogen and oxygen atoms in total. The number of hydrogen-bond donors (Lipinski definition) is 1. The summed E-state index contributed by atoms with van der Waals surface area (Å²) >= 11 is 1.44. The number of ether oxygens (including phenoxy) is 1. The highest BCUT2D eigenvalue weighted by Gasteiger charge is 2.41. The number of amides is 1. The number of aryl methyl sites for hydroxylation is 1. The molecule has 1 saturated carbocycles. The zero-order valence-electron chi connectivity index (χ0n) is 24.3. The number of carboxylic acids is 1. The summed E-state index contributed by atoms with van der Waals surface area (Å²) < 4.78 is 48.5. The van der Waals surface area contributed by atoms with Gasteiger partial charge < -0.3 is 14.7 Å². The first kappa shape index (κ1) is 29.9. The first-order valence-electron chi connectivity index (χ1n) is 14.6. The van der Waals surface area contributed by atoms with E-state index >= 15 is 0 Å². The standard InChI is InChI=1S/C33H32F3N3O4S/c1-19-16-23(21-10-13-38(14-11-21)31(40)22-6-7-22)8-9-28(19)43-20(2)26-12-15-44-29(26)24-4-3-5-25(17-24)39-30(33(34,35)36)27(18-37-39)32(41)42/h3-5,8-9,12,15-18,20-22H,6-7,10-11,13-14H2,1-2H3,(H,41,42). The second-order valence-electron chi connectivity index (χ2n) is 11.5. The van der Waals surface area contributed by atoms with Gasteiger partial charge in [0, 0.05) is 29.4 Å². The van der Waals surface area contributed by atoms with E-state index in [1.54, 1.807) is 18.2 Å². The number of likely N-dealkylation sites (tertiary alicyclic amines) is 1. The van der Waals surface area contributed by atoms with Crippen LogP contribution < -0.4 is 4.74 Å². The van der Waals surface area contributed by atoms with Crippen molar-refractivity contribution in [2.75, 3.05) is 13.1 Å². The molecule has 0 bridgehead atoms. The second-order valence-corrected chi connectivity index (χ2v) is 12.5. The minimum Gasteiger partial charge on any atom is -0.486 e. The third-order valence-corrected chi connectivity index (χ3v) is 9.44. The predicted octanol–water partition coefficient (Wildman–Crippen LogP) is 7.88. The molecule has 44 heavy (non-hydrogen) atoms. The van der Waals surface area contributed by atoms with Crippen LogP contribution in [0.1, 0.15) is 77.4 Å². The Morgan fingerprint density at radius 2 is 1.82 bits per heavy atom. The van der Waals surface area contributed by atoms with Crippen LogP contribution in [0.4, 0.5) is 13.2 Å². The van der Waals surface area contributed by atoms with Crippen molar-refractivity contribution < 1.29 is 32.6 Å². The molecule has 11 heteroatoms. The topological polar surface area (TPSA) is 84.7 Å². The molecule has 1 unspecified atom stereocenters. The number of aromatic carboxylic acids is 1. The fourth-order valence-electron chi connectivity index (χ4n) is 5.96. The van der Waals surface area contributed by atoms with E-state index in [4.69, 9.17) is 4.74 Å². The fourth-order valence-corrected chi connectivity index (χ4v) is 6.94. The average Bonchev–Trinajstić information content (AvgIpc) is 3.53. The largest absolute Gasteiger partial charge is 0.486 e. The molecule has 1 saturated heterocycles. The maximum atomic E-state index is 13.8. The summed E-state index contributed by atoms with van der Waals surface area (Å²) in [5, 5.41) is 14.9. The second kappa shape index (κ2) is 11.8. The first-order chi connectivity index (χ1) is 21.0. The molecule has 1 aliphatic heterocycles. The van der Waals surface area contributed by atoms with Crippen LogP contribution in [0.3, 0.4) is 0 Å². The fraction of sp³-hybridized carbons (Fsp3) is 0.364. The van der Waals surface area contributed by atoms with E-state index in [2.05, 4.69) is 17.2 Å². The molecule has 6 rings (SSSR count). The van der Waals surface area contributed by atoms with Crippen molar-refractivity contribution in [3.8, 4) is 21.9 Å². The molecule has 1 N–H and O–H groups in total. The van der Waals surface area contributed by atoms with Gasteiger partial charge in [0.15, 0.2) is 5.69 Å². The number of benzene rings is 2. The van der Waals surface area contributed by atoms with Crippen molar-refractivity contribution >= 4 is 23.2 Å². The van der Waals surface area contributed by atoms with Crippen molar-refractivity contribution in [3.05, 3.63) is 88.1 Å². The third-order valence-electron chi connectivity index (χ3n) is 8.46. The Bertz CT molecular complexity index is 1700. The number of aromatic nitrogens is 2. The van der Waals surface area contributed by atoms with Crippen LogP contribution in [0.15, 0.2) is 60.1 Å². The third kappa shape index (κ3) is 5.97. The van der Waals surface area contributed by atoms with Gasteiger partial charge in [-0.1, -0.05) is 24.3 Å². The van der Waals surface area contributed by atoms with Gasteiger partial charge in [-0.05, 0) is 91.8 Å². The summed E-state index contributed by atoms with van der Waals surface area (Å²) in [5.41, 5.74) is 1.67. The molecule has 230 valence electrons.